The summed E-state index contributed by atoms with van der Waals surface area (Å²) in [6.07, 6.45) is 5.16. The summed E-state index contributed by atoms with van der Waals surface area (Å²) in [6.45, 7) is 0.766. The summed E-state index contributed by atoms with van der Waals surface area (Å²) >= 11 is 0. The largest absolute Gasteiger partial charge is 0.330 e. The molecule has 0 amide bonds. The van der Waals surface area contributed by atoms with E-state index in [4.69, 9.17) is 5.73 Å². The molecule has 70 valence electrons. The molecule has 1 nitrogen and oxygen atoms in total. The molecule has 2 rings (SSSR count). The molecular weight excluding hydrogens is 158 g/mol. The molecule has 0 aromatic heterocycles. The fourth-order valence-corrected chi connectivity index (χ4v) is 1.79. The molecule has 1 aliphatic carbocycles. The molecule has 0 radical (unpaired) electrons. The first-order valence-corrected chi connectivity index (χ1v) is 5.17. The minimum atomic E-state index is 0.766. The first-order chi connectivity index (χ1) is 6.40. The topological polar surface area (TPSA) is 26.0 Å². The van der Waals surface area contributed by atoms with E-state index in [-0.39, 0.29) is 0 Å². The Labute approximate surface area is 80.0 Å². The molecule has 2 N–H and O–H groups in total. The summed E-state index contributed by atoms with van der Waals surface area (Å²) in [5, 5.41) is 0. The lowest BCUT2D eigenvalue weighted by molar-refractivity contribution is 0.812. The van der Waals surface area contributed by atoms with Crippen LogP contribution in [0.1, 0.15) is 24.0 Å². The van der Waals surface area contributed by atoms with Crippen LogP contribution in [0.4, 0.5) is 0 Å². The maximum absolute atomic E-state index is 5.58. The van der Waals surface area contributed by atoms with Crippen LogP contribution in [0.5, 0.6) is 0 Å². The van der Waals surface area contributed by atoms with E-state index in [2.05, 4.69) is 24.3 Å². The molecule has 0 unspecified atom stereocenters. The standard InChI is InChI=1S/C12H17N/c13-8-7-11-3-1-2-4-12(11)9-10-5-6-10/h1-4,10H,5-9,13H2. The number of hydrogen-bond donors (Lipinski definition) is 1. The van der Waals surface area contributed by atoms with Gasteiger partial charge in [-0.25, -0.2) is 0 Å². The van der Waals surface area contributed by atoms with E-state index in [1.807, 2.05) is 0 Å². The third-order valence-corrected chi connectivity index (χ3v) is 2.74. The summed E-state index contributed by atoms with van der Waals surface area (Å²) in [5.74, 6) is 0.971. The van der Waals surface area contributed by atoms with E-state index >= 15 is 0 Å². The van der Waals surface area contributed by atoms with Crippen LogP contribution in [0.3, 0.4) is 0 Å². The van der Waals surface area contributed by atoms with Crippen molar-refractivity contribution < 1.29 is 0 Å². The van der Waals surface area contributed by atoms with Gasteiger partial charge in [-0.15, -0.1) is 0 Å². The lowest BCUT2D eigenvalue weighted by Gasteiger charge is -2.07. The Balaban J connectivity index is 2.10. The van der Waals surface area contributed by atoms with E-state index in [9.17, 15) is 0 Å². The van der Waals surface area contributed by atoms with Crippen LogP contribution in [-0.4, -0.2) is 6.54 Å². The fraction of sp³-hybridized carbons (Fsp3) is 0.500. The second-order valence-electron chi connectivity index (χ2n) is 3.95. The summed E-state index contributed by atoms with van der Waals surface area (Å²) in [4.78, 5) is 0. The molecule has 0 atom stereocenters. The average Bonchev–Trinajstić information content (AvgIpc) is 2.93. The Morgan fingerprint density at radius 1 is 1.15 bits per heavy atom. The maximum Gasteiger partial charge on any atom is -0.00366 e. The SMILES string of the molecule is NCCc1ccccc1CC1CC1. The molecule has 0 saturated heterocycles. The number of nitrogens with two attached hydrogens (primary N) is 1. The molecule has 1 aromatic carbocycles. The van der Waals surface area contributed by atoms with Crippen molar-refractivity contribution in [3.05, 3.63) is 35.4 Å². The Bertz CT molecular complexity index is 276. The Kier molecular flexibility index (Phi) is 2.65. The average molecular weight is 175 g/mol. The van der Waals surface area contributed by atoms with Crippen molar-refractivity contribution in [3.8, 4) is 0 Å². The predicted octanol–water partition coefficient (Wildman–Crippen LogP) is 2.14. The first kappa shape index (κ1) is 8.76. The second kappa shape index (κ2) is 3.93. The van der Waals surface area contributed by atoms with Crippen LogP contribution in [0, 0.1) is 5.92 Å². The lowest BCUT2D eigenvalue weighted by atomic mass is 10.00. The van der Waals surface area contributed by atoms with Gasteiger partial charge in [0.2, 0.25) is 0 Å². The summed E-state index contributed by atoms with van der Waals surface area (Å²) in [5.41, 5.74) is 8.55. The van der Waals surface area contributed by atoms with E-state index in [0.717, 1.165) is 18.9 Å². The maximum atomic E-state index is 5.58. The molecular formula is C12H17N. The predicted molar refractivity (Wildman–Crippen MR) is 55.6 cm³/mol. The third-order valence-electron chi connectivity index (χ3n) is 2.74. The monoisotopic (exact) mass is 175 g/mol. The minimum Gasteiger partial charge on any atom is -0.330 e. The summed E-state index contributed by atoms with van der Waals surface area (Å²) in [7, 11) is 0. The van der Waals surface area contributed by atoms with E-state index in [1.165, 1.54) is 30.4 Å². The first-order valence-electron chi connectivity index (χ1n) is 5.17. The van der Waals surface area contributed by atoms with E-state index in [0.29, 0.717) is 0 Å². The van der Waals surface area contributed by atoms with Gasteiger partial charge in [-0.2, -0.15) is 0 Å². The van der Waals surface area contributed by atoms with Gasteiger partial charge in [0.1, 0.15) is 0 Å². The Hall–Kier alpha value is -0.820. The van der Waals surface area contributed by atoms with E-state index < -0.39 is 0 Å². The van der Waals surface area contributed by atoms with Gasteiger partial charge in [0.05, 0.1) is 0 Å². The van der Waals surface area contributed by atoms with Gasteiger partial charge in [-0.3, -0.25) is 0 Å². The molecule has 1 saturated carbocycles. The van der Waals surface area contributed by atoms with Gasteiger partial charge in [0.15, 0.2) is 0 Å². The second-order valence-corrected chi connectivity index (χ2v) is 3.95. The van der Waals surface area contributed by atoms with Crippen LogP contribution in [0.2, 0.25) is 0 Å². The van der Waals surface area contributed by atoms with Gasteiger partial charge in [0, 0.05) is 0 Å². The lowest BCUT2D eigenvalue weighted by Crippen LogP contribution is -2.05. The third kappa shape index (κ3) is 2.31. The zero-order valence-corrected chi connectivity index (χ0v) is 8.00. The van der Waals surface area contributed by atoms with Crippen molar-refractivity contribution in [1.29, 1.82) is 0 Å². The van der Waals surface area contributed by atoms with Crippen LogP contribution in [-0.2, 0) is 12.8 Å². The molecule has 0 heterocycles. The van der Waals surface area contributed by atoms with Crippen molar-refractivity contribution in [2.75, 3.05) is 6.54 Å². The van der Waals surface area contributed by atoms with Gasteiger partial charge >= 0.3 is 0 Å². The van der Waals surface area contributed by atoms with Crippen LogP contribution < -0.4 is 5.73 Å². The fourth-order valence-electron chi connectivity index (χ4n) is 1.79. The zero-order chi connectivity index (χ0) is 9.10. The number of hydrogen-bond acceptors (Lipinski definition) is 1. The van der Waals surface area contributed by atoms with Crippen LogP contribution in [0.15, 0.2) is 24.3 Å². The highest BCUT2D eigenvalue weighted by molar-refractivity contribution is 5.28. The molecule has 0 aliphatic heterocycles. The van der Waals surface area contributed by atoms with Crippen LogP contribution in [0.25, 0.3) is 0 Å². The van der Waals surface area contributed by atoms with Gasteiger partial charge in [-0.1, -0.05) is 24.3 Å². The van der Waals surface area contributed by atoms with Crippen molar-refractivity contribution in [1.82, 2.24) is 0 Å². The van der Waals surface area contributed by atoms with Gasteiger partial charge in [0.25, 0.3) is 0 Å². The smallest absolute Gasteiger partial charge is 0.00366 e. The number of benzene rings is 1. The van der Waals surface area contributed by atoms with Crippen molar-refractivity contribution in [2.45, 2.75) is 25.7 Å². The van der Waals surface area contributed by atoms with Crippen LogP contribution >= 0.6 is 0 Å². The van der Waals surface area contributed by atoms with Gasteiger partial charge < -0.3 is 5.73 Å². The normalized spacial score (nSPS) is 16.1. The Morgan fingerprint density at radius 2 is 1.85 bits per heavy atom. The van der Waals surface area contributed by atoms with E-state index in [1.54, 1.807) is 0 Å². The number of rotatable bonds is 4. The highest BCUT2D eigenvalue weighted by atomic mass is 14.5. The minimum absolute atomic E-state index is 0.766. The molecule has 1 aliphatic rings. The zero-order valence-electron chi connectivity index (χ0n) is 8.00. The molecule has 13 heavy (non-hydrogen) atoms. The molecule has 1 heteroatoms. The van der Waals surface area contributed by atoms with Crippen molar-refractivity contribution in [3.63, 3.8) is 0 Å². The molecule has 1 aromatic rings. The van der Waals surface area contributed by atoms with Crippen molar-refractivity contribution >= 4 is 0 Å². The quantitative estimate of drug-likeness (QED) is 0.745. The summed E-state index contributed by atoms with van der Waals surface area (Å²) < 4.78 is 0. The Morgan fingerprint density at radius 3 is 2.46 bits per heavy atom. The molecule has 1 fully saturated rings. The molecule has 0 spiro atoms. The van der Waals surface area contributed by atoms with Gasteiger partial charge in [-0.05, 0) is 49.3 Å². The molecule has 0 bridgehead atoms. The van der Waals surface area contributed by atoms with Crippen molar-refractivity contribution in [2.24, 2.45) is 11.7 Å². The summed E-state index contributed by atoms with van der Waals surface area (Å²) in [6, 6.07) is 8.72. The highest BCUT2D eigenvalue weighted by Gasteiger charge is 2.22. The highest BCUT2D eigenvalue weighted by Crippen LogP contribution is 2.33.